The number of aliphatic hydroxyl groups excluding tert-OH is 1. The van der Waals surface area contributed by atoms with Gasteiger partial charge in [0.05, 0.1) is 12.0 Å². The summed E-state index contributed by atoms with van der Waals surface area (Å²) in [4.78, 5) is 10.9. The molecule has 112 valence electrons. The molecule has 1 aromatic carbocycles. The molecule has 0 heterocycles. The van der Waals surface area contributed by atoms with Gasteiger partial charge in [0.2, 0.25) is 0 Å². The molecule has 2 unspecified atom stereocenters. The van der Waals surface area contributed by atoms with Crippen molar-refractivity contribution >= 4 is 5.97 Å². The Bertz CT molecular complexity index is 414. The summed E-state index contributed by atoms with van der Waals surface area (Å²) in [5.41, 5.74) is 1.89. The highest BCUT2D eigenvalue weighted by Gasteiger charge is 2.13. The van der Waals surface area contributed by atoms with Gasteiger partial charge in [-0.1, -0.05) is 38.1 Å². The lowest BCUT2D eigenvalue weighted by atomic mass is 10.00. The third-order valence-electron chi connectivity index (χ3n) is 3.30. The number of aliphatic hydroxyl groups is 1. The molecular formula is C16H25NO3. The van der Waals surface area contributed by atoms with Gasteiger partial charge in [-0.05, 0) is 30.4 Å². The Morgan fingerprint density at radius 1 is 1.20 bits per heavy atom. The summed E-state index contributed by atoms with van der Waals surface area (Å²) < 4.78 is 0. The summed E-state index contributed by atoms with van der Waals surface area (Å²) in [5, 5.41) is 21.9. The highest BCUT2D eigenvalue weighted by Crippen LogP contribution is 2.16. The highest BCUT2D eigenvalue weighted by molar-refractivity contribution is 5.75. The largest absolute Gasteiger partial charge is 0.481 e. The molecule has 0 spiro atoms. The molecule has 1 rings (SSSR count). The minimum absolute atomic E-state index is 0.318. The number of carboxylic acid groups (broad SMARTS) is 1. The molecule has 20 heavy (non-hydrogen) atoms. The molecule has 0 saturated heterocycles. The fraction of sp³-hybridized carbons (Fsp3) is 0.562. The van der Waals surface area contributed by atoms with Gasteiger partial charge in [0, 0.05) is 13.1 Å². The number of carbonyl (C=O) groups is 1. The lowest BCUT2D eigenvalue weighted by molar-refractivity contribution is -0.138. The fourth-order valence-electron chi connectivity index (χ4n) is 2.08. The van der Waals surface area contributed by atoms with Crippen molar-refractivity contribution in [3.05, 3.63) is 35.4 Å². The van der Waals surface area contributed by atoms with Crippen molar-refractivity contribution in [1.82, 2.24) is 5.32 Å². The van der Waals surface area contributed by atoms with Gasteiger partial charge >= 0.3 is 5.97 Å². The predicted molar refractivity (Wildman–Crippen MR) is 79.7 cm³/mol. The maximum Gasteiger partial charge on any atom is 0.310 e. The van der Waals surface area contributed by atoms with Gasteiger partial charge in [-0.3, -0.25) is 4.79 Å². The zero-order valence-corrected chi connectivity index (χ0v) is 12.5. The van der Waals surface area contributed by atoms with Crippen LogP contribution < -0.4 is 5.32 Å². The van der Waals surface area contributed by atoms with E-state index in [9.17, 15) is 9.90 Å². The van der Waals surface area contributed by atoms with Crippen molar-refractivity contribution in [1.29, 1.82) is 0 Å². The molecule has 0 aliphatic heterocycles. The van der Waals surface area contributed by atoms with Gasteiger partial charge in [0.25, 0.3) is 0 Å². The van der Waals surface area contributed by atoms with Gasteiger partial charge in [0.1, 0.15) is 0 Å². The van der Waals surface area contributed by atoms with Crippen LogP contribution >= 0.6 is 0 Å². The van der Waals surface area contributed by atoms with Gasteiger partial charge in [-0.15, -0.1) is 0 Å². The fourth-order valence-corrected chi connectivity index (χ4v) is 2.08. The van der Waals surface area contributed by atoms with E-state index < -0.39 is 11.9 Å². The topological polar surface area (TPSA) is 69.6 Å². The normalized spacial score (nSPS) is 14.2. The first-order valence-corrected chi connectivity index (χ1v) is 7.10. The Morgan fingerprint density at radius 2 is 1.80 bits per heavy atom. The Kier molecular flexibility index (Phi) is 6.68. The molecule has 0 aromatic heterocycles. The molecular weight excluding hydrogens is 254 g/mol. The molecule has 0 amide bonds. The SMILES string of the molecule is CC(C)CC(O)CNCc1ccc(C(C)C(=O)O)cc1. The average molecular weight is 279 g/mol. The maximum absolute atomic E-state index is 10.9. The first kappa shape index (κ1) is 16.7. The van der Waals surface area contributed by atoms with Crippen LogP contribution in [0.2, 0.25) is 0 Å². The third kappa shape index (κ3) is 5.72. The smallest absolute Gasteiger partial charge is 0.310 e. The minimum atomic E-state index is -0.812. The third-order valence-corrected chi connectivity index (χ3v) is 3.30. The van der Waals surface area contributed by atoms with E-state index in [2.05, 4.69) is 19.2 Å². The summed E-state index contributed by atoms with van der Waals surface area (Å²) in [6, 6.07) is 7.55. The first-order valence-electron chi connectivity index (χ1n) is 7.10. The zero-order chi connectivity index (χ0) is 15.1. The quantitative estimate of drug-likeness (QED) is 0.683. The first-order chi connectivity index (χ1) is 9.40. The van der Waals surface area contributed by atoms with Crippen LogP contribution in [0, 0.1) is 5.92 Å². The molecule has 2 atom stereocenters. The summed E-state index contributed by atoms with van der Waals surface area (Å²) in [7, 11) is 0. The van der Waals surface area contributed by atoms with Crippen molar-refractivity contribution < 1.29 is 15.0 Å². The highest BCUT2D eigenvalue weighted by atomic mass is 16.4. The number of aliphatic carboxylic acids is 1. The van der Waals surface area contributed by atoms with Crippen molar-refractivity contribution in [3.8, 4) is 0 Å². The van der Waals surface area contributed by atoms with Crippen LogP contribution in [0.15, 0.2) is 24.3 Å². The summed E-state index contributed by atoms with van der Waals surface area (Å²) in [6.07, 6.45) is 0.475. The number of carboxylic acids is 1. The van der Waals surface area contributed by atoms with Crippen molar-refractivity contribution in [2.45, 2.75) is 45.8 Å². The Balaban J connectivity index is 2.40. The van der Waals surface area contributed by atoms with Crippen LogP contribution in [-0.2, 0) is 11.3 Å². The van der Waals surface area contributed by atoms with Crippen LogP contribution in [0.4, 0.5) is 0 Å². The van der Waals surface area contributed by atoms with Crippen LogP contribution in [0.25, 0.3) is 0 Å². The molecule has 0 radical (unpaired) electrons. The molecule has 0 aliphatic carbocycles. The molecule has 0 aliphatic rings. The van der Waals surface area contributed by atoms with E-state index in [1.165, 1.54) is 0 Å². The van der Waals surface area contributed by atoms with Crippen molar-refractivity contribution in [2.75, 3.05) is 6.54 Å². The Labute approximate surface area is 120 Å². The van der Waals surface area contributed by atoms with E-state index in [1.807, 2.05) is 24.3 Å². The second-order valence-electron chi connectivity index (χ2n) is 5.72. The number of nitrogens with one attached hydrogen (secondary N) is 1. The van der Waals surface area contributed by atoms with Crippen molar-refractivity contribution in [2.24, 2.45) is 5.92 Å². The minimum Gasteiger partial charge on any atom is -0.481 e. The predicted octanol–water partition coefficient (Wildman–Crippen LogP) is 2.37. The average Bonchev–Trinajstić information content (AvgIpc) is 2.37. The van der Waals surface area contributed by atoms with Crippen LogP contribution in [0.1, 0.15) is 44.2 Å². The van der Waals surface area contributed by atoms with Crippen molar-refractivity contribution in [3.63, 3.8) is 0 Å². The van der Waals surface area contributed by atoms with E-state index in [0.717, 1.165) is 17.5 Å². The Morgan fingerprint density at radius 3 is 2.30 bits per heavy atom. The second-order valence-corrected chi connectivity index (χ2v) is 5.72. The molecule has 4 nitrogen and oxygen atoms in total. The van der Waals surface area contributed by atoms with Crippen LogP contribution in [0.3, 0.4) is 0 Å². The lowest BCUT2D eigenvalue weighted by Crippen LogP contribution is -2.27. The number of rotatable bonds is 8. The number of hydrogen-bond donors (Lipinski definition) is 3. The van der Waals surface area contributed by atoms with Gasteiger partial charge in [-0.25, -0.2) is 0 Å². The molecule has 1 aromatic rings. The second kappa shape index (κ2) is 8.02. The van der Waals surface area contributed by atoms with E-state index in [4.69, 9.17) is 5.11 Å². The van der Waals surface area contributed by atoms with E-state index >= 15 is 0 Å². The lowest BCUT2D eigenvalue weighted by Gasteiger charge is -2.14. The molecule has 4 heteroatoms. The summed E-state index contributed by atoms with van der Waals surface area (Å²) >= 11 is 0. The van der Waals surface area contributed by atoms with Crippen LogP contribution in [-0.4, -0.2) is 28.8 Å². The van der Waals surface area contributed by atoms with Gasteiger partial charge < -0.3 is 15.5 Å². The molecule has 0 saturated carbocycles. The van der Waals surface area contributed by atoms with Crippen LogP contribution in [0.5, 0.6) is 0 Å². The van der Waals surface area contributed by atoms with Gasteiger partial charge in [-0.2, -0.15) is 0 Å². The molecule has 0 bridgehead atoms. The summed E-state index contributed by atoms with van der Waals surface area (Å²) in [5.74, 6) is -0.804. The van der Waals surface area contributed by atoms with E-state index in [1.54, 1.807) is 6.92 Å². The van der Waals surface area contributed by atoms with E-state index in [-0.39, 0.29) is 6.10 Å². The molecule has 3 N–H and O–H groups in total. The zero-order valence-electron chi connectivity index (χ0n) is 12.5. The maximum atomic E-state index is 10.9. The monoisotopic (exact) mass is 279 g/mol. The molecule has 0 fully saturated rings. The van der Waals surface area contributed by atoms with E-state index in [0.29, 0.717) is 19.0 Å². The Hall–Kier alpha value is -1.39. The number of benzene rings is 1. The number of hydrogen-bond acceptors (Lipinski definition) is 3. The summed E-state index contributed by atoms with van der Waals surface area (Å²) in [6.45, 7) is 7.11. The van der Waals surface area contributed by atoms with Gasteiger partial charge in [0.15, 0.2) is 0 Å². The standard InChI is InChI=1S/C16H25NO3/c1-11(2)8-15(18)10-17-9-13-4-6-14(7-5-13)12(3)16(19)20/h4-7,11-12,15,17-18H,8-10H2,1-3H3,(H,19,20).